The maximum atomic E-state index is 13.6. The van der Waals surface area contributed by atoms with Gasteiger partial charge in [0.25, 0.3) is 0 Å². The van der Waals surface area contributed by atoms with Gasteiger partial charge in [0.2, 0.25) is 5.82 Å². The third kappa shape index (κ3) is 5.94. The van der Waals surface area contributed by atoms with Gasteiger partial charge in [0.15, 0.2) is 0 Å². The fraction of sp³-hybridized carbons (Fsp3) is 0.171. The van der Waals surface area contributed by atoms with Gasteiger partial charge in [-0.3, -0.25) is 9.88 Å². The molecule has 0 spiro atoms. The van der Waals surface area contributed by atoms with E-state index in [1.807, 2.05) is 30.5 Å². The lowest BCUT2D eigenvalue weighted by atomic mass is 10.0. The number of anilines is 2. The molecule has 4 aromatic heterocycles. The SMILES string of the molecule is N#Cc1nccc(NC2CCN(Cc3ccc(-n4c(-c5cccnc5N)cc5cnc(-c6ccc(F)cc6)cc54)cc3)CC2)n1. The number of rotatable bonds is 7. The number of fused-ring (bicyclic) bond motifs is 1. The zero-order valence-electron chi connectivity index (χ0n) is 24.4. The van der Waals surface area contributed by atoms with Gasteiger partial charge in [-0.25, -0.2) is 19.3 Å². The van der Waals surface area contributed by atoms with Crippen LogP contribution in [0.15, 0.2) is 97.5 Å². The molecule has 45 heavy (non-hydrogen) atoms. The van der Waals surface area contributed by atoms with E-state index in [2.05, 4.69) is 65.1 Å². The zero-order chi connectivity index (χ0) is 30.8. The molecule has 1 fully saturated rings. The van der Waals surface area contributed by atoms with Crippen molar-refractivity contribution in [2.45, 2.75) is 25.4 Å². The summed E-state index contributed by atoms with van der Waals surface area (Å²) in [6.45, 7) is 2.77. The van der Waals surface area contributed by atoms with Gasteiger partial charge in [-0.05, 0) is 85.1 Å². The number of piperidine rings is 1. The number of hydrogen-bond donors (Lipinski definition) is 2. The third-order valence-corrected chi connectivity index (χ3v) is 8.24. The van der Waals surface area contributed by atoms with Gasteiger partial charge < -0.3 is 15.6 Å². The van der Waals surface area contributed by atoms with Crippen LogP contribution in [-0.4, -0.2) is 48.5 Å². The second kappa shape index (κ2) is 12.1. The van der Waals surface area contributed by atoms with Gasteiger partial charge in [-0.2, -0.15) is 5.26 Å². The molecule has 6 aromatic rings. The zero-order valence-corrected chi connectivity index (χ0v) is 24.4. The number of nitrogens with one attached hydrogen (secondary N) is 1. The standard InChI is InChI=1S/C35H30FN9/c36-26-7-5-24(6-8-26)30-19-31-25(21-41-30)18-32(29-2-1-14-40-35(29)38)45(31)28-9-3-23(4-10-28)22-44-16-12-27(13-17-44)42-33-11-15-39-34(20-37)43-33/h1-11,14-15,18-19,21,27H,12-13,16-17,22H2,(H2,38,40)(H,39,42,43). The molecule has 9 nitrogen and oxygen atoms in total. The lowest BCUT2D eigenvalue weighted by Crippen LogP contribution is -2.38. The Morgan fingerprint density at radius 3 is 2.49 bits per heavy atom. The van der Waals surface area contributed by atoms with Crippen molar-refractivity contribution < 1.29 is 4.39 Å². The predicted molar refractivity (Wildman–Crippen MR) is 173 cm³/mol. The number of benzene rings is 2. The Labute approximate surface area is 259 Å². The van der Waals surface area contributed by atoms with Crippen molar-refractivity contribution in [2.75, 3.05) is 24.1 Å². The van der Waals surface area contributed by atoms with Crippen molar-refractivity contribution in [3.05, 3.63) is 115 Å². The Balaban J connectivity index is 1.13. The number of nitriles is 1. The van der Waals surface area contributed by atoms with E-state index in [0.717, 1.165) is 71.6 Å². The Morgan fingerprint density at radius 1 is 0.933 bits per heavy atom. The monoisotopic (exact) mass is 595 g/mol. The van der Waals surface area contributed by atoms with Crippen LogP contribution < -0.4 is 11.1 Å². The summed E-state index contributed by atoms with van der Waals surface area (Å²) in [6.07, 6.45) is 7.12. The van der Waals surface area contributed by atoms with Gasteiger partial charge >= 0.3 is 0 Å². The van der Waals surface area contributed by atoms with Gasteiger partial charge in [-0.15, -0.1) is 0 Å². The quantitative estimate of drug-likeness (QED) is 0.223. The molecule has 0 bridgehead atoms. The minimum absolute atomic E-state index is 0.176. The molecule has 0 aliphatic carbocycles. The van der Waals surface area contributed by atoms with E-state index in [0.29, 0.717) is 17.7 Å². The van der Waals surface area contributed by atoms with Crippen LogP contribution in [0.1, 0.15) is 24.2 Å². The molecule has 222 valence electrons. The minimum Gasteiger partial charge on any atom is -0.383 e. The van der Waals surface area contributed by atoms with Crippen LogP contribution in [-0.2, 0) is 6.54 Å². The summed E-state index contributed by atoms with van der Waals surface area (Å²) in [7, 11) is 0. The number of halogens is 1. The lowest BCUT2D eigenvalue weighted by molar-refractivity contribution is 0.211. The molecule has 10 heteroatoms. The highest BCUT2D eigenvalue weighted by atomic mass is 19.1. The highest BCUT2D eigenvalue weighted by Crippen LogP contribution is 2.35. The van der Waals surface area contributed by atoms with Crippen LogP contribution in [0.2, 0.25) is 0 Å². The summed E-state index contributed by atoms with van der Waals surface area (Å²) in [5, 5.41) is 13.5. The van der Waals surface area contributed by atoms with Crippen LogP contribution in [0.3, 0.4) is 0 Å². The highest BCUT2D eigenvalue weighted by molar-refractivity contribution is 5.92. The van der Waals surface area contributed by atoms with Crippen LogP contribution >= 0.6 is 0 Å². The van der Waals surface area contributed by atoms with E-state index < -0.39 is 0 Å². The van der Waals surface area contributed by atoms with Gasteiger partial charge in [0, 0.05) is 66.5 Å². The van der Waals surface area contributed by atoms with E-state index in [1.165, 1.54) is 17.7 Å². The van der Waals surface area contributed by atoms with E-state index in [9.17, 15) is 4.39 Å². The van der Waals surface area contributed by atoms with E-state index in [-0.39, 0.29) is 11.6 Å². The predicted octanol–water partition coefficient (Wildman–Crippen LogP) is 6.21. The Kier molecular flexibility index (Phi) is 7.59. The Morgan fingerprint density at radius 2 is 1.73 bits per heavy atom. The molecule has 1 aliphatic rings. The van der Waals surface area contributed by atoms with Crippen molar-refractivity contribution in [3.63, 3.8) is 0 Å². The molecular formula is C35H30FN9. The number of nitrogens with zero attached hydrogens (tertiary/aromatic N) is 7. The molecule has 5 heterocycles. The topological polar surface area (TPSA) is 122 Å². The number of aromatic nitrogens is 5. The summed E-state index contributed by atoms with van der Waals surface area (Å²) < 4.78 is 15.8. The highest BCUT2D eigenvalue weighted by Gasteiger charge is 2.20. The van der Waals surface area contributed by atoms with Crippen molar-refractivity contribution in [3.8, 4) is 34.3 Å². The maximum absolute atomic E-state index is 13.6. The van der Waals surface area contributed by atoms with E-state index in [4.69, 9.17) is 11.0 Å². The van der Waals surface area contributed by atoms with E-state index >= 15 is 0 Å². The maximum Gasteiger partial charge on any atom is 0.234 e. The number of likely N-dealkylation sites (tertiary alicyclic amines) is 1. The molecule has 0 atom stereocenters. The summed E-state index contributed by atoms with van der Waals surface area (Å²) in [5.41, 5.74) is 12.9. The molecule has 0 unspecified atom stereocenters. The van der Waals surface area contributed by atoms with E-state index in [1.54, 1.807) is 30.6 Å². The molecule has 0 radical (unpaired) electrons. The van der Waals surface area contributed by atoms with Gasteiger partial charge in [0.05, 0.1) is 16.9 Å². The fourth-order valence-corrected chi connectivity index (χ4v) is 5.94. The molecule has 7 rings (SSSR count). The number of nitrogen functional groups attached to an aromatic ring is 1. The molecule has 1 aliphatic heterocycles. The van der Waals surface area contributed by atoms with Crippen LogP contribution in [0.5, 0.6) is 0 Å². The molecule has 3 N–H and O–H groups in total. The Bertz CT molecular complexity index is 2010. The first kappa shape index (κ1) is 28.1. The molecule has 0 saturated carbocycles. The largest absolute Gasteiger partial charge is 0.383 e. The average Bonchev–Trinajstić information content (AvgIpc) is 3.45. The first-order valence-corrected chi connectivity index (χ1v) is 14.8. The first-order chi connectivity index (χ1) is 22.0. The van der Waals surface area contributed by atoms with Crippen LogP contribution in [0.25, 0.3) is 39.1 Å². The summed E-state index contributed by atoms with van der Waals surface area (Å²) in [5.74, 6) is 1.04. The summed E-state index contributed by atoms with van der Waals surface area (Å²) in [4.78, 5) is 19.7. The average molecular weight is 596 g/mol. The van der Waals surface area contributed by atoms with Gasteiger partial charge in [0.1, 0.15) is 23.5 Å². The number of hydrogen-bond acceptors (Lipinski definition) is 8. The second-order valence-corrected chi connectivity index (χ2v) is 11.2. The Hall–Kier alpha value is -5.66. The smallest absolute Gasteiger partial charge is 0.234 e. The molecule has 1 saturated heterocycles. The first-order valence-electron chi connectivity index (χ1n) is 14.8. The number of nitrogens with two attached hydrogens (primary N) is 1. The normalized spacial score (nSPS) is 14.0. The van der Waals surface area contributed by atoms with Crippen molar-refractivity contribution in [2.24, 2.45) is 0 Å². The number of pyridine rings is 2. The van der Waals surface area contributed by atoms with Crippen LogP contribution in [0.4, 0.5) is 16.0 Å². The molecular weight excluding hydrogens is 565 g/mol. The minimum atomic E-state index is -0.281. The fourth-order valence-electron chi connectivity index (χ4n) is 5.94. The summed E-state index contributed by atoms with van der Waals surface area (Å²) >= 11 is 0. The van der Waals surface area contributed by atoms with Crippen LogP contribution in [0, 0.1) is 17.1 Å². The third-order valence-electron chi connectivity index (χ3n) is 8.24. The second-order valence-electron chi connectivity index (χ2n) is 11.2. The lowest BCUT2D eigenvalue weighted by Gasteiger charge is -2.32. The summed E-state index contributed by atoms with van der Waals surface area (Å²) in [6, 6.07) is 27.1. The van der Waals surface area contributed by atoms with Crippen molar-refractivity contribution >= 4 is 22.5 Å². The van der Waals surface area contributed by atoms with Crippen molar-refractivity contribution in [1.29, 1.82) is 5.26 Å². The molecule has 0 amide bonds. The van der Waals surface area contributed by atoms with Crippen molar-refractivity contribution in [1.82, 2.24) is 29.4 Å². The molecule has 2 aromatic carbocycles. The van der Waals surface area contributed by atoms with Gasteiger partial charge in [-0.1, -0.05) is 12.1 Å².